The van der Waals surface area contributed by atoms with E-state index in [1.165, 1.54) is 4.90 Å². The van der Waals surface area contributed by atoms with Crippen molar-refractivity contribution in [3.05, 3.63) is 30.1 Å². The van der Waals surface area contributed by atoms with E-state index >= 15 is 0 Å². The van der Waals surface area contributed by atoms with E-state index in [1.54, 1.807) is 18.0 Å². The molecule has 0 aliphatic carbocycles. The van der Waals surface area contributed by atoms with Crippen molar-refractivity contribution < 1.29 is 31.7 Å². The van der Waals surface area contributed by atoms with Crippen LogP contribution in [0.5, 0.6) is 0 Å². The number of H-pyrrole nitrogens is 1. The molecule has 5 nitrogen and oxygen atoms in total. The molecule has 2 saturated heterocycles. The lowest BCUT2D eigenvalue weighted by Crippen LogP contribution is -3.00. The Kier molecular flexibility index (Phi) is 3.26. The number of ether oxygens (including phenoxy) is 1. The summed E-state index contributed by atoms with van der Waals surface area (Å²) in [6.45, 7) is 0. The van der Waals surface area contributed by atoms with E-state index in [0.29, 0.717) is 5.75 Å². The Labute approximate surface area is 108 Å². The van der Waals surface area contributed by atoms with E-state index in [0.717, 1.165) is 5.56 Å². The third-order valence-corrected chi connectivity index (χ3v) is 4.01. The smallest absolute Gasteiger partial charge is 0.419 e. The van der Waals surface area contributed by atoms with Gasteiger partial charge in [0.15, 0.2) is 12.4 Å². The van der Waals surface area contributed by atoms with Crippen LogP contribution in [0, 0.1) is 0 Å². The van der Waals surface area contributed by atoms with E-state index in [4.69, 9.17) is 0 Å². The molecule has 1 aromatic heterocycles. The molecule has 2 aliphatic rings. The monoisotopic (exact) mass is 272 g/mol. The molecule has 0 aromatic carbocycles. The highest BCUT2D eigenvalue weighted by molar-refractivity contribution is 7.99. The predicted octanol–water partition coefficient (Wildman–Crippen LogP) is -2.40. The van der Waals surface area contributed by atoms with Gasteiger partial charge in [0.25, 0.3) is 0 Å². The van der Waals surface area contributed by atoms with Gasteiger partial charge in [0.05, 0.1) is 0 Å². The fourth-order valence-electron chi connectivity index (χ4n) is 1.94. The van der Waals surface area contributed by atoms with Crippen LogP contribution < -0.4 is 17.4 Å². The molecule has 3 rings (SSSR count). The number of nitrogens with zero attached hydrogens (tertiary/aromatic N) is 1. The zero-order valence-corrected chi connectivity index (χ0v) is 10.2. The summed E-state index contributed by atoms with van der Waals surface area (Å²) in [7, 11) is 0. The molecule has 7 heteroatoms. The van der Waals surface area contributed by atoms with Crippen LogP contribution in [0.2, 0.25) is 0 Å². The van der Waals surface area contributed by atoms with Crippen molar-refractivity contribution in [2.45, 2.75) is 11.4 Å². The van der Waals surface area contributed by atoms with Gasteiger partial charge in [-0.3, -0.25) is 4.90 Å². The van der Waals surface area contributed by atoms with Gasteiger partial charge >= 0.3 is 12.1 Å². The SMILES string of the molecule is O=C1OC(=O)N2C(c3ccc[nH+]c3)SC[C@@H]12.[Cl-]. The fourth-order valence-corrected chi connectivity index (χ4v) is 3.33. The predicted molar refractivity (Wildman–Crippen MR) is 55.3 cm³/mol. The molecule has 3 heterocycles. The van der Waals surface area contributed by atoms with Crippen molar-refractivity contribution in [2.75, 3.05) is 5.75 Å². The topological polar surface area (TPSA) is 60.8 Å². The summed E-state index contributed by atoms with van der Waals surface area (Å²) in [6, 6.07) is 3.38. The number of halogens is 1. The van der Waals surface area contributed by atoms with Gasteiger partial charge < -0.3 is 17.1 Å². The van der Waals surface area contributed by atoms with Gasteiger partial charge in [-0.2, -0.15) is 0 Å². The number of esters is 1. The summed E-state index contributed by atoms with van der Waals surface area (Å²) in [6.07, 6.45) is 3.10. The largest absolute Gasteiger partial charge is 1.00 e. The van der Waals surface area contributed by atoms with Gasteiger partial charge in [0.2, 0.25) is 0 Å². The summed E-state index contributed by atoms with van der Waals surface area (Å²) in [5, 5.41) is -0.124. The Morgan fingerprint density at radius 1 is 1.47 bits per heavy atom. The molecule has 2 atom stereocenters. The number of carbonyl (C=O) groups excluding carboxylic acids is 2. The lowest BCUT2D eigenvalue weighted by molar-refractivity contribution is -0.378. The number of aromatic nitrogens is 1. The number of aromatic amines is 1. The van der Waals surface area contributed by atoms with Crippen molar-refractivity contribution >= 4 is 23.8 Å². The number of fused-ring (bicyclic) bond motifs is 1. The Bertz CT molecular complexity index is 456. The second-order valence-corrected chi connectivity index (χ2v) is 4.75. The number of hydrogen-bond acceptors (Lipinski definition) is 4. The summed E-state index contributed by atoms with van der Waals surface area (Å²) < 4.78 is 4.60. The molecule has 0 saturated carbocycles. The highest BCUT2D eigenvalue weighted by Crippen LogP contribution is 2.43. The van der Waals surface area contributed by atoms with E-state index in [9.17, 15) is 9.59 Å². The molecule has 1 amide bonds. The lowest BCUT2D eigenvalue weighted by atomic mass is 10.2. The van der Waals surface area contributed by atoms with Crippen LogP contribution in [0.15, 0.2) is 24.5 Å². The molecular weight excluding hydrogens is 264 g/mol. The highest BCUT2D eigenvalue weighted by Gasteiger charge is 2.50. The van der Waals surface area contributed by atoms with E-state index in [1.807, 2.05) is 18.3 Å². The molecule has 1 N–H and O–H groups in total. The number of amides is 1. The van der Waals surface area contributed by atoms with E-state index in [-0.39, 0.29) is 17.8 Å². The maximum Gasteiger partial charge on any atom is 0.419 e. The summed E-state index contributed by atoms with van der Waals surface area (Å²) in [4.78, 5) is 27.3. The Morgan fingerprint density at radius 2 is 2.29 bits per heavy atom. The number of hydrogen-bond donors (Lipinski definition) is 0. The average Bonchev–Trinajstić information content (AvgIpc) is 2.84. The van der Waals surface area contributed by atoms with Gasteiger partial charge in [0, 0.05) is 17.4 Å². The average molecular weight is 273 g/mol. The second kappa shape index (κ2) is 4.54. The summed E-state index contributed by atoms with van der Waals surface area (Å²) in [5.41, 5.74) is 0.974. The highest BCUT2D eigenvalue weighted by atomic mass is 35.5. The molecule has 0 radical (unpaired) electrons. The molecule has 1 aromatic rings. The number of rotatable bonds is 1. The molecule has 0 spiro atoms. The molecule has 0 bridgehead atoms. The fraction of sp³-hybridized carbons (Fsp3) is 0.300. The van der Waals surface area contributed by atoms with Crippen LogP contribution in [0.25, 0.3) is 0 Å². The zero-order chi connectivity index (χ0) is 11.1. The quantitative estimate of drug-likeness (QED) is 0.422. The van der Waals surface area contributed by atoms with Crippen molar-refractivity contribution in [3.63, 3.8) is 0 Å². The van der Waals surface area contributed by atoms with Crippen molar-refractivity contribution in [1.29, 1.82) is 0 Å². The third-order valence-electron chi connectivity index (χ3n) is 2.69. The Balaban J connectivity index is 0.00000108. The van der Waals surface area contributed by atoms with Gasteiger partial charge in [-0.15, -0.1) is 11.8 Å². The number of nitrogens with one attached hydrogen (secondary N) is 1. The van der Waals surface area contributed by atoms with E-state index < -0.39 is 18.1 Å². The first-order valence-electron chi connectivity index (χ1n) is 4.89. The Morgan fingerprint density at radius 3 is 3.00 bits per heavy atom. The molecule has 17 heavy (non-hydrogen) atoms. The maximum atomic E-state index is 11.5. The van der Waals surface area contributed by atoms with Crippen LogP contribution in [-0.4, -0.2) is 28.8 Å². The normalized spacial score (nSPS) is 26.5. The summed E-state index contributed by atoms with van der Waals surface area (Å²) in [5.74, 6) is 0.171. The third kappa shape index (κ3) is 1.87. The zero-order valence-electron chi connectivity index (χ0n) is 8.63. The molecule has 90 valence electrons. The number of pyridine rings is 1. The lowest BCUT2D eigenvalue weighted by Gasteiger charge is -2.17. The second-order valence-electron chi connectivity index (χ2n) is 3.63. The number of cyclic esters (lactones) is 2. The van der Waals surface area contributed by atoms with Gasteiger partial charge in [-0.25, -0.2) is 14.6 Å². The van der Waals surface area contributed by atoms with Gasteiger partial charge in [0.1, 0.15) is 11.4 Å². The molecule has 1 unspecified atom stereocenters. The van der Waals surface area contributed by atoms with E-state index in [2.05, 4.69) is 9.72 Å². The molecule has 2 fully saturated rings. The maximum absolute atomic E-state index is 11.5. The van der Waals surface area contributed by atoms with Crippen LogP contribution in [0.3, 0.4) is 0 Å². The van der Waals surface area contributed by atoms with Crippen molar-refractivity contribution in [2.24, 2.45) is 0 Å². The number of carbonyl (C=O) groups is 2. The molecular formula is C10H9ClN2O3S. The Hall–Kier alpha value is -1.27. The van der Waals surface area contributed by atoms with Crippen molar-refractivity contribution in [3.8, 4) is 0 Å². The standard InChI is InChI=1S/C10H8N2O3S.ClH/c13-9-7-5-16-8(12(7)10(14)15-9)6-2-1-3-11-4-6;/h1-4,7-8H,5H2;1H/t7-,8?;/m0./s1. The minimum atomic E-state index is -0.533. The van der Waals surface area contributed by atoms with Crippen LogP contribution in [0.4, 0.5) is 4.79 Å². The molecule has 2 aliphatic heterocycles. The number of thioether (sulfide) groups is 1. The van der Waals surface area contributed by atoms with Gasteiger partial charge in [-0.05, 0) is 6.07 Å². The minimum Gasteiger partial charge on any atom is -1.00 e. The van der Waals surface area contributed by atoms with Crippen LogP contribution in [0.1, 0.15) is 10.9 Å². The van der Waals surface area contributed by atoms with Crippen LogP contribution in [-0.2, 0) is 9.53 Å². The first-order chi connectivity index (χ1) is 7.77. The minimum absolute atomic E-state index is 0. The first-order valence-corrected chi connectivity index (χ1v) is 5.94. The summed E-state index contributed by atoms with van der Waals surface area (Å²) >= 11 is 1.58. The van der Waals surface area contributed by atoms with Gasteiger partial charge in [-0.1, -0.05) is 0 Å². The van der Waals surface area contributed by atoms with Crippen molar-refractivity contribution in [1.82, 2.24) is 4.90 Å². The first kappa shape index (κ1) is 12.2. The van der Waals surface area contributed by atoms with Crippen LogP contribution >= 0.6 is 11.8 Å².